The normalized spacial score (nSPS) is 10.9. The smallest absolute Gasteiger partial charge is 0.412 e. The van der Waals surface area contributed by atoms with Gasteiger partial charge >= 0.3 is 12.1 Å². The first kappa shape index (κ1) is 19.9. The number of methoxy groups -OCH3 is 1. The molecule has 0 unspecified atom stereocenters. The number of nitrogens with one attached hydrogen (secondary N) is 1. The molecule has 0 aliphatic carbocycles. The summed E-state index contributed by atoms with van der Waals surface area (Å²) in [5, 5.41) is 2.46. The number of hydrogen-bond acceptors (Lipinski definition) is 4. The summed E-state index contributed by atoms with van der Waals surface area (Å²) in [6.07, 6.45) is 0.816. The number of hydrogen-bond donors (Lipinski definition) is 1. The largest absolute Gasteiger partial charge is 0.464 e. The molecule has 0 aromatic heterocycles. The molecule has 3 rings (SSSR count). The molecule has 3 aromatic carbocycles. The summed E-state index contributed by atoms with van der Waals surface area (Å²) < 4.78 is 9.93. The number of carbonyl (C=O) groups is 2. The van der Waals surface area contributed by atoms with E-state index in [0.717, 1.165) is 22.3 Å². The van der Waals surface area contributed by atoms with E-state index in [0.29, 0.717) is 0 Å². The van der Waals surface area contributed by atoms with Crippen LogP contribution in [0.25, 0.3) is 17.2 Å². The van der Waals surface area contributed by atoms with Crippen molar-refractivity contribution in [2.45, 2.75) is 6.61 Å². The van der Waals surface area contributed by atoms with Crippen LogP contribution in [-0.2, 0) is 20.9 Å². The number of alkyl carbamates (subject to hydrolysis) is 1. The van der Waals surface area contributed by atoms with Crippen LogP contribution in [0, 0.1) is 0 Å². The molecule has 0 aliphatic heterocycles. The maximum atomic E-state index is 12.1. The van der Waals surface area contributed by atoms with Crippen LogP contribution in [0.4, 0.5) is 4.79 Å². The van der Waals surface area contributed by atoms with Gasteiger partial charge in [-0.1, -0.05) is 84.9 Å². The van der Waals surface area contributed by atoms with Crippen molar-refractivity contribution in [2.75, 3.05) is 7.11 Å². The third-order valence-electron chi connectivity index (χ3n) is 4.18. The number of esters is 1. The second-order valence-corrected chi connectivity index (χ2v) is 6.22. The third kappa shape index (κ3) is 5.81. The summed E-state index contributed by atoms with van der Waals surface area (Å²) in [4.78, 5) is 24.1. The molecule has 3 aromatic rings. The zero-order chi connectivity index (χ0) is 20.5. The first-order valence-corrected chi connectivity index (χ1v) is 9.09. The van der Waals surface area contributed by atoms with E-state index in [4.69, 9.17) is 9.47 Å². The summed E-state index contributed by atoms with van der Waals surface area (Å²) in [6, 6.07) is 26.9. The first-order chi connectivity index (χ1) is 14.2. The molecule has 5 heteroatoms. The van der Waals surface area contributed by atoms with Crippen LogP contribution >= 0.6 is 0 Å². The van der Waals surface area contributed by atoms with Crippen molar-refractivity contribution >= 4 is 18.1 Å². The van der Waals surface area contributed by atoms with Gasteiger partial charge in [0.2, 0.25) is 0 Å². The molecule has 0 saturated heterocycles. The van der Waals surface area contributed by atoms with Gasteiger partial charge in [0, 0.05) is 0 Å². The summed E-state index contributed by atoms with van der Waals surface area (Å²) in [6.45, 7) is 0.104. The molecule has 0 spiro atoms. The van der Waals surface area contributed by atoms with Crippen LogP contribution in [0.3, 0.4) is 0 Å². The molecule has 146 valence electrons. The van der Waals surface area contributed by atoms with E-state index in [9.17, 15) is 9.59 Å². The van der Waals surface area contributed by atoms with Crippen molar-refractivity contribution in [3.05, 3.63) is 102 Å². The second-order valence-electron chi connectivity index (χ2n) is 6.22. The van der Waals surface area contributed by atoms with E-state index < -0.39 is 12.1 Å². The van der Waals surface area contributed by atoms with E-state index in [2.05, 4.69) is 5.32 Å². The lowest BCUT2D eigenvalue weighted by Crippen LogP contribution is -2.28. The lowest BCUT2D eigenvalue weighted by atomic mass is 10.0. The fraction of sp³-hybridized carbons (Fsp3) is 0.0833. The van der Waals surface area contributed by atoms with E-state index in [1.54, 1.807) is 6.08 Å². The first-order valence-electron chi connectivity index (χ1n) is 9.09. The number of amides is 1. The van der Waals surface area contributed by atoms with Gasteiger partial charge in [0.1, 0.15) is 12.3 Å². The van der Waals surface area contributed by atoms with Crippen LogP contribution in [0.2, 0.25) is 0 Å². The predicted molar refractivity (Wildman–Crippen MR) is 112 cm³/mol. The average molecular weight is 387 g/mol. The molecule has 0 aliphatic rings. The van der Waals surface area contributed by atoms with Crippen molar-refractivity contribution in [3.8, 4) is 11.1 Å². The van der Waals surface area contributed by atoms with Crippen molar-refractivity contribution in [3.63, 3.8) is 0 Å². The van der Waals surface area contributed by atoms with Gasteiger partial charge in [-0.05, 0) is 28.3 Å². The zero-order valence-electron chi connectivity index (χ0n) is 16.0. The van der Waals surface area contributed by atoms with Crippen LogP contribution in [0.5, 0.6) is 0 Å². The molecule has 1 amide bonds. The molecular formula is C24H21NO4. The molecule has 0 heterocycles. The lowest BCUT2D eigenvalue weighted by molar-refractivity contribution is -0.136. The van der Waals surface area contributed by atoms with Crippen LogP contribution < -0.4 is 5.32 Å². The zero-order valence-corrected chi connectivity index (χ0v) is 16.0. The minimum atomic E-state index is -0.730. The van der Waals surface area contributed by atoms with Gasteiger partial charge in [-0.15, -0.1) is 0 Å². The Morgan fingerprint density at radius 2 is 1.41 bits per heavy atom. The Hall–Kier alpha value is -3.86. The Morgan fingerprint density at radius 3 is 2.03 bits per heavy atom. The monoisotopic (exact) mass is 387 g/mol. The Kier molecular flexibility index (Phi) is 6.79. The lowest BCUT2D eigenvalue weighted by Gasteiger charge is -2.09. The molecular weight excluding hydrogens is 366 g/mol. The van der Waals surface area contributed by atoms with Gasteiger partial charge in [-0.2, -0.15) is 0 Å². The molecule has 0 radical (unpaired) electrons. The Morgan fingerprint density at radius 1 is 0.828 bits per heavy atom. The van der Waals surface area contributed by atoms with Crippen LogP contribution in [0.15, 0.2) is 90.6 Å². The van der Waals surface area contributed by atoms with Crippen molar-refractivity contribution < 1.29 is 19.1 Å². The van der Waals surface area contributed by atoms with Crippen LogP contribution in [-0.4, -0.2) is 19.2 Å². The summed E-state index contributed by atoms with van der Waals surface area (Å²) >= 11 is 0. The Bertz CT molecular complexity index is 980. The van der Waals surface area contributed by atoms with E-state index in [1.165, 1.54) is 7.11 Å². The number of benzene rings is 3. The minimum absolute atomic E-state index is 0.00183. The highest BCUT2D eigenvalue weighted by Gasteiger charge is 2.14. The molecule has 0 atom stereocenters. The fourth-order valence-electron chi connectivity index (χ4n) is 2.69. The predicted octanol–water partition coefficient (Wildman–Crippen LogP) is 4.79. The molecule has 1 N–H and O–H groups in total. The van der Waals surface area contributed by atoms with E-state index >= 15 is 0 Å². The third-order valence-corrected chi connectivity index (χ3v) is 4.18. The topological polar surface area (TPSA) is 64.6 Å². The molecule has 29 heavy (non-hydrogen) atoms. The van der Waals surface area contributed by atoms with Gasteiger partial charge in [0.15, 0.2) is 0 Å². The Balaban J connectivity index is 1.70. The Labute approximate surface area is 169 Å². The van der Waals surface area contributed by atoms with Gasteiger partial charge in [-0.25, -0.2) is 9.59 Å². The van der Waals surface area contributed by atoms with Crippen molar-refractivity contribution in [2.24, 2.45) is 0 Å². The molecule has 0 fully saturated rings. The van der Waals surface area contributed by atoms with Crippen molar-refractivity contribution in [1.82, 2.24) is 5.32 Å². The number of carbonyl (C=O) groups excluding carboxylic acids is 2. The highest BCUT2D eigenvalue weighted by Crippen LogP contribution is 2.20. The average Bonchev–Trinajstić information content (AvgIpc) is 2.78. The van der Waals surface area contributed by atoms with E-state index in [1.807, 2.05) is 84.9 Å². The van der Waals surface area contributed by atoms with Gasteiger partial charge in [0.25, 0.3) is 0 Å². The van der Waals surface area contributed by atoms with Crippen LogP contribution in [0.1, 0.15) is 11.1 Å². The van der Waals surface area contributed by atoms with E-state index in [-0.39, 0.29) is 12.3 Å². The fourth-order valence-corrected chi connectivity index (χ4v) is 2.69. The highest BCUT2D eigenvalue weighted by atomic mass is 16.6. The highest BCUT2D eigenvalue weighted by molar-refractivity contribution is 5.96. The van der Waals surface area contributed by atoms with Gasteiger partial charge < -0.3 is 9.47 Å². The molecule has 5 nitrogen and oxygen atoms in total. The van der Waals surface area contributed by atoms with Gasteiger partial charge in [0.05, 0.1) is 7.11 Å². The maximum Gasteiger partial charge on any atom is 0.412 e. The second kappa shape index (κ2) is 9.90. The maximum absolute atomic E-state index is 12.1. The molecule has 0 saturated carbocycles. The van der Waals surface area contributed by atoms with Crippen molar-refractivity contribution in [1.29, 1.82) is 0 Å². The molecule has 0 bridgehead atoms. The summed E-state index contributed by atoms with van der Waals surface area (Å²) in [7, 11) is 1.26. The summed E-state index contributed by atoms with van der Waals surface area (Å²) in [5.41, 5.74) is 3.74. The number of rotatable bonds is 6. The summed E-state index contributed by atoms with van der Waals surface area (Å²) in [5.74, 6) is -0.659. The SMILES string of the molecule is COC(=O)C(=Cc1ccc(-c2ccccc2)cc1)NC(=O)OCc1ccccc1. The standard InChI is InChI=1S/C24H21NO4/c1-28-23(26)22(25-24(27)29-17-19-8-4-2-5-9-19)16-18-12-14-21(15-13-18)20-10-6-3-7-11-20/h2-16H,17H2,1H3,(H,25,27). The minimum Gasteiger partial charge on any atom is -0.464 e. The number of ether oxygens (including phenoxy) is 2. The quantitative estimate of drug-likeness (QED) is 0.488. The van der Waals surface area contributed by atoms with Gasteiger partial charge in [-0.3, -0.25) is 5.32 Å².